The lowest BCUT2D eigenvalue weighted by molar-refractivity contribution is 0.0755. The highest BCUT2D eigenvalue weighted by molar-refractivity contribution is 6.17. The van der Waals surface area contributed by atoms with E-state index in [1.807, 2.05) is 38.1 Å². The van der Waals surface area contributed by atoms with Gasteiger partial charge in [0.15, 0.2) is 0 Å². The third kappa shape index (κ3) is 2.96. The summed E-state index contributed by atoms with van der Waals surface area (Å²) in [6.45, 7) is 3.98. The summed E-state index contributed by atoms with van der Waals surface area (Å²) in [4.78, 5) is 13.7. The predicted molar refractivity (Wildman–Crippen MR) is 63.2 cm³/mol. The zero-order valence-corrected chi connectivity index (χ0v) is 10.1. The highest BCUT2D eigenvalue weighted by atomic mass is 35.5. The Hall–Kier alpha value is -1.02. The summed E-state index contributed by atoms with van der Waals surface area (Å²) in [6.07, 6.45) is 0. The fraction of sp³-hybridized carbons (Fsp3) is 0.417. The minimum Gasteiger partial charge on any atom is -0.339 e. The van der Waals surface area contributed by atoms with E-state index in [1.165, 1.54) is 0 Å². The molecule has 2 nitrogen and oxygen atoms in total. The Labute approximate surface area is 95.8 Å². The molecule has 0 fully saturated rings. The van der Waals surface area contributed by atoms with E-state index in [9.17, 15) is 4.79 Å². The van der Waals surface area contributed by atoms with Crippen LogP contribution in [0.15, 0.2) is 24.3 Å². The van der Waals surface area contributed by atoms with E-state index in [2.05, 4.69) is 0 Å². The molecule has 0 aliphatic carbocycles. The van der Waals surface area contributed by atoms with E-state index in [4.69, 9.17) is 11.6 Å². The lowest BCUT2D eigenvalue weighted by atomic mass is 10.1. The van der Waals surface area contributed by atoms with Gasteiger partial charge in [0.1, 0.15) is 0 Å². The third-order valence-corrected chi connectivity index (χ3v) is 2.73. The van der Waals surface area contributed by atoms with Gasteiger partial charge in [-0.2, -0.15) is 0 Å². The van der Waals surface area contributed by atoms with Gasteiger partial charge in [0.05, 0.1) is 0 Å². The highest BCUT2D eigenvalue weighted by Gasteiger charge is 2.13. The molecule has 15 heavy (non-hydrogen) atoms. The van der Waals surface area contributed by atoms with Crippen molar-refractivity contribution < 1.29 is 4.79 Å². The Bertz CT molecular complexity index is 349. The minimum atomic E-state index is 0.0389. The summed E-state index contributed by atoms with van der Waals surface area (Å²) >= 11 is 5.72. The molecule has 0 N–H and O–H groups in total. The van der Waals surface area contributed by atoms with Crippen molar-refractivity contribution in [2.24, 2.45) is 0 Å². The maximum atomic E-state index is 11.9. The zero-order valence-electron chi connectivity index (χ0n) is 9.33. The van der Waals surface area contributed by atoms with Crippen LogP contribution in [0.3, 0.4) is 0 Å². The number of amides is 1. The second kappa shape index (κ2) is 5.17. The van der Waals surface area contributed by atoms with Gasteiger partial charge in [0, 0.05) is 24.5 Å². The van der Waals surface area contributed by atoms with Gasteiger partial charge in [-0.1, -0.05) is 12.1 Å². The number of hydrogen-bond acceptors (Lipinski definition) is 1. The smallest absolute Gasteiger partial charge is 0.253 e. The van der Waals surface area contributed by atoms with Crippen LogP contribution in [0.25, 0.3) is 0 Å². The number of nitrogens with zero attached hydrogens (tertiary/aromatic N) is 1. The lowest BCUT2D eigenvalue weighted by Gasteiger charge is -2.21. The van der Waals surface area contributed by atoms with Gasteiger partial charge in [0.2, 0.25) is 0 Å². The van der Waals surface area contributed by atoms with Gasteiger partial charge in [0.25, 0.3) is 5.91 Å². The summed E-state index contributed by atoms with van der Waals surface area (Å²) in [5, 5.41) is 0. The van der Waals surface area contributed by atoms with Crippen LogP contribution in [0.2, 0.25) is 0 Å². The first-order valence-electron chi connectivity index (χ1n) is 4.98. The Morgan fingerprint density at radius 3 is 2.67 bits per heavy atom. The highest BCUT2D eigenvalue weighted by Crippen LogP contribution is 2.11. The Balaban J connectivity index is 2.91. The number of alkyl halides is 1. The average Bonchev–Trinajstić information content (AvgIpc) is 2.27. The van der Waals surface area contributed by atoms with Crippen LogP contribution in [0, 0.1) is 0 Å². The van der Waals surface area contributed by atoms with Gasteiger partial charge < -0.3 is 4.90 Å². The molecule has 1 aromatic carbocycles. The molecule has 0 saturated carbocycles. The van der Waals surface area contributed by atoms with Gasteiger partial charge in [-0.05, 0) is 31.5 Å². The number of carbonyl (C=O) groups is 1. The van der Waals surface area contributed by atoms with Crippen LogP contribution < -0.4 is 0 Å². The molecule has 0 aromatic heterocycles. The molecular formula is C12H16ClNO. The molecule has 1 amide bonds. The van der Waals surface area contributed by atoms with Crippen molar-refractivity contribution in [1.29, 1.82) is 0 Å². The first-order chi connectivity index (χ1) is 7.06. The first-order valence-corrected chi connectivity index (χ1v) is 5.51. The van der Waals surface area contributed by atoms with Crippen LogP contribution in [-0.4, -0.2) is 23.9 Å². The van der Waals surface area contributed by atoms with Gasteiger partial charge in [-0.25, -0.2) is 0 Å². The zero-order chi connectivity index (χ0) is 11.4. The SMILES string of the molecule is CC(C)N(C)C(=O)c1cccc(CCl)c1. The summed E-state index contributed by atoms with van der Waals surface area (Å²) in [7, 11) is 1.81. The van der Waals surface area contributed by atoms with E-state index in [-0.39, 0.29) is 11.9 Å². The van der Waals surface area contributed by atoms with Crippen molar-refractivity contribution >= 4 is 17.5 Å². The molecule has 0 radical (unpaired) electrons. The van der Waals surface area contributed by atoms with Crippen molar-refractivity contribution in [3.05, 3.63) is 35.4 Å². The second-order valence-corrected chi connectivity index (χ2v) is 4.11. The first kappa shape index (κ1) is 12.1. The number of hydrogen-bond donors (Lipinski definition) is 0. The van der Waals surface area contributed by atoms with E-state index in [0.717, 1.165) is 5.56 Å². The quantitative estimate of drug-likeness (QED) is 0.725. The minimum absolute atomic E-state index is 0.0389. The van der Waals surface area contributed by atoms with Crippen molar-refractivity contribution in [2.75, 3.05) is 7.05 Å². The van der Waals surface area contributed by atoms with Gasteiger partial charge >= 0.3 is 0 Å². The Morgan fingerprint density at radius 1 is 1.47 bits per heavy atom. The lowest BCUT2D eigenvalue weighted by Crippen LogP contribution is -2.32. The fourth-order valence-electron chi connectivity index (χ4n) is 1.23. The van der Waals surface area contributed by atoms with Crippen LogP contribution in [0.4, 0.5) is 0 Å². The van der Waals surface area contributed by atoms with Crippen LogP contribution >= 0.6 is 11.6 Å². The molecule has 0 aliphatic rings. The maximum Gasteiger partial charge on any atom is 0.253 e. The standard InChI is InChI=1S/C12H16ClNO/c1-9(2)14(3)12(15)11-6-4-5-10(7-11)8-13/h4-7,9H,8H2,1-3H3. The number of halogens is 1. The molecule has 0 aliphatic heterocycles. The van der Waals surface area contributed by atoms with Crippen LogP contribution in [0.1, 0.15) is 29.8 Å². The normalized spacial score (nSPS) is 10.5. The van der Waals surface area contributed by atoms with Crippen molar-refractivity contribution in [3.63, 3.8) is 0 Å². The summed E-state index contributed by atoms with van der Waals surface area (Å²) in [6, 6.07) is 7.64. The molecule has 0 unspecified atom stereocenters. The monoisotopic (exact) mass is 225 g/mol. The molecule has 0 heterocycles. The van der Waals surface area contributed by atoms with E-state index in [0.29, 0.717) is 11.4 Å². The molecule has 0 saturated heterocycles. The number of rotatable bonds is 3. The summed E-state index contributed by atoms with van der Waals surface area (Å²) in [5.41, 5.74) is 1.67. The van der Waals surface area contributed by atoms with Crippen molar-refractivity contribution in [2.45, 2.75) is 25.8 Å². The molecular weight excluding hydrogens is 210 g/mol. The summed E-state index contributed by atoms with van der Waals surface area (Å²) < 4.78 is 0. The third-order valence-electron chi connectivity index (χ3n) is 2.42. The number of carbonyl (C=O) groups excluding carboxylic acids is 1. The average molecular weight is 226 g/mol. The Morgan fingerprint density at radius 2 is 2.13 bits per heavy atom. The predicted octanol–water partition coefficient (Wildman–Crippen LogP) is 2.91. The molecule has 1 rings (SSSR count). The summed E-state index contributed by atoms with van der Waals surface area (Å²) in [5.74, 6) is 0.476. The maximum absolute atomic E-state index is 11.9. The fourth-order valence-corrected chi connectivity index (χ4v) is 1.39. The Kier molecular flexibility index (Phi) is 4.15. The number of benzene rings is 1. The van der Waals surface area contributed by atoms with E-state index in [1.54, 1.807) is 11.9 Å². The topological polar surface area (TPSA) is 20.3 Å². The van der Waals surface area contributed by atoms with Gasteiger partial charge in [-0.15, -0.1) is 11.6 Å². The van der Waals surface area contributed by atoms with E-state index < -0.39 is 0 Å². The molecule has 1 aromatic rings. The van der Waals surface area contributed by atoms with Crippen molar-refractivity contribution in [3.8, 4) is 0 Å². The molecule has 0 bridgehead atoms. The molecule has 0 atom stereocenters. The largest absolute Gasteiger partial charge is 0.339 e. The van der Waals surface area contributed by atoms with Gasteiger partial charge in [-0.3, -0.25) is 4.79 Å². The molecule has 0 spiro atoms. The second-order valence-electron chi connectivity index (χ2n) is 3.84. The van der Waals surface area contributed by atoms with Crippen LogP contribution in [0.5, 0.6) is 0 Å². The molecule has 82 valence electrons. The van der Waals surface area contributed by atoms with Crippen LogP contribution in [-0.2, 0) is 5.88 Å². The molecule has 3 heteroatoms. The van der Waals surface area contributed by atoms with E-state index >= 15 is 0 Å². The van der Waals surface area contributed by atoms with Crippen molar-refractivity contribution in [1.82, 2.24) is 4.90 Å².